The maximum Gasteiger partial charge on any atom is 0.407 e. The number of hydrogen-bond acceptors (Lipinski definition) is 6. The minimum absolute atomic E-state index is 0. The summed E-state index contributed by atoms with van der Waals surface area (Å²) in [5.41, 5.74) is 1.95. The molecule has 1 saturated heterocycles. The number of methoxy groups -OCH3 is 1. The molecule has 3 rings (SSSR count). The number of hydrogen-bond donors (Lipinski definition) is 2. The highest BCUT2D eigenvalue weighted by atomic mass is 35.5. The second-order valence-electron chi connectivity index (χ2n) is 9.18. The number of unbranched alkanes of at least 4 members (excludes halogenated alkanes) is 2. The quantitative estimate of drug-likeness (QED) is 0.318. The normalized spacial score (nSPS) is 16.8. The van der Waals surface area contributed by atoms with Gasteiger partial charge >= 0.3 is 6.09 Å². The van der Waals surface area contributed by atoms with Crippen molar-refractivity contribution in [2.75, 3.05) is 57.9 Å². The Labute approximate surface area is 232 Å². The predicted molar refractivity (Wildman–Crippen MR) is 149 cm³/mol. The number of morpholine rings is 1. The van der Waals surface area contributed by atoms with Crippen LogP contribution in [0.4, 0.5) is 10.5 Å². The highest BCUT2D eigenvalue weighted by Gasteiger charge is 2.39. The van der Waals surface area contributed by atoms with Crippen LogP contribution in [0, 0.1) is 5.92 Å². The smallest absolute Gasteiger partial charge is 0.407 e. The predicted octanol–water partition coefficient (Wildman–Crippen LogP) is 3.18. The molecule has 1 fully saturated rings. The van der Waals surface area contributed by atoms with Crippen molar-refractivity contribution in [1.29, 1.82) is 0 Å². The van der Waals surface area contributed by atoms with Gasteiger partial charge in [0.2, 0.25) is 11.8 Å². The first-order valence-corrected chi connectivity index (χ1v) is 12.9. The average molecular weight is 562 g/mol. The Hall–Kier alpha value is -2.07. The SMILES string of the molecule is CCCCC[C@H](NC(=O)OC)C(C(=O)NCCN1CCOCC1)C(=O)N1CCCc2ccccc21.Cl.Cl. The van der Waals surface area contributed by atoms with Gasteiger partial charge in [0.25, 0.3) is 0 Å². The number of amides is 3. The van der Waals surface area contributed by atoms with Crippen LogP contribution in [-0.4, -0.2) is 81.9 Å². The Morgan fingerprint density at radius 3 is 2.51 bits per heavy atom. The minimum atomic E-state index is -1.04. The molecule has 2 atom stereocenters. The number of alkyl carbamates (subject to hydrolysis) is 1. The van der Waals surface area contributed by atoms with E-state index in [2.05, 4.69) is 22.5 Å². The van der Waals surface area contributed by atoms with Crippen molar-refractivity contribution in [1.82, 2.24) is 15.5 Å². The molecular weight excluding hydrogens is 519 g/mol. The molecule has 0 aromatic heterocycles. The maximum absolute atomic E-state index is 14.0. The third kappa shape index (κ3) is 9.63. The first-order valence-electron chi connectivity index (χ1n) is 12.9. The zero-order valence-electron chi connectivity index (χ0n) is 21.9. The molecule has 1 aromatic rings. The van der Waals surface area contributed by atoms with E-state index >= 15 is 0 Å². The lowest BCUT2D eigenvalue weighted by atomic mass is 9.90. The van der Waals surface area contributed by atoms with Gasteiger partial charge in [-0.2, -0.15) is 0 Å². The summed E-state index contributed by atoms with van der Waals surface area (Å²) in [6, 6.07) is 7.18. The Morgan fingerprint density at radius 2 is 1.81 bits per heavy atom. The fourth-order valence-electron chi connectivity index (χ4n) is 4.82. The molecule has 9 nitrogen and oxygen atoms in total. The molecule has 0 bridgehead atoms. The largest absolute Gasteiger partial charge is 0.453 e. The lowest BCUT2D eigenvalue weighted by Crippen LogP contribution is -2.55. The van der Waals surface area contributed by atoms with Gasteiger partial charge in [-0.15, -0.1) is 24.8 Å². The molecule has 2 aliphatic heterocycles. The fourth-order valence-corrected chi connectivity index (χ4v) is 4.82. The van der Waals surface area contributed by atoms with Crippen LogP contribution in [0.3, 0.4) is 0 Å². The zero-order valence-corrected chi connectivity index (χ0v) is 23.5. The van der Waals surface area contributed by atoms with Crippen LogP contribution in [0.25, 0.3) is 0 Å². The number of para-hydroxylation sites is 1. The standard InChI is InChI=1S/C26H40N4O5.2ClH/c1-3-4-5-11-21(28-26(33)34-2)23(24(31)27-13-15-29-16-18-35-19-17-29)25(32)30-14-8-10-20-9-6-7-12-22(20)30;;/h6-7,9,12,21,23H,3-5,8,10-11,13-19H2,1-2H3,(H,27,31)(H,28,33);2*1H/t21-,23?;;/m0../s1. The molecule has 0 radical (unpaired) electrons. The summed E-state index contributed by atoms with van der Waals surface area (Å²) in [5, 5.41) is 5.77. The second kappa shape index (κ2) is 17.4. The van der Waals surface area contributed by atoms with Crippen LogP contribution in [-0.2, 0) is 25.5 Å². The molecule has 2 aliphatic rings. The van der Waals surface area contributed by atoms with Crippen LogP contribution in [0.15, 0.2) is 24.3 Å². The molecule has 2 N–H and O–H groups in total. The molecule has 3 amide bonds. The van der Waals surface area contributed by atoms with Gasteiger partial charge in [0.05, 0.1) is 26.4 Å². The number of aryl methyl sites for hydroxylation is 1. The van der Waals surface area contributed by atoms with Crippen molar-refractivity contribution in [2.24, 2.45) is 5.92 Å². The van der Waals surface area contributed by atoms with Crippen LogP contribution >= 0.6 is 24.8 Å². The van der Waals surface area contributed by atoms with Crippen molar-refractivity contribution in [3.63, 3.8) is 0 Å². The molecule has 1 aromatic carbocycles. The summed E-state index contributed by atoms with van der Waals surface area (Å²) in [4.78, 5) is 43.6. The Bertz CT molecular complexity index is 854. The van der Waals surface area contributed by atoms with Crippen LogP contribution in [0.2, 0.25) is 0 Å². The van der Waals surface area contributed by atoms with Gasteiger partial charge in [-0.1, -0.05) is 44.4 Å². The minimum Gasteiger partial charge on any atom is -0.453 e. The van der Waals surface area contributed by atoms with E-state index in [-0.39, 0.29) is 36.6 Å². The van der Waals surface area contributed by atoms with E-state index < -0.39 is 18.1 Å². The topological polar surface area (TPSA) is 100 Å². The van der Waals surface area contributed by atoms with Gasteiger partial charge in [0, 0.05) is 38.4 Å². The van der Waals surface area contributed by atoms with E-state index in [1.54, 1.807) is 4.90 Å². The third-order valence-corrected chi connectivity index (χ3v) is 6.77. The van der Waals surface area contributed by atoms with Crippen molar-refractivity contribution >= 4 is 48.4 Å². The monoisotopic (exact) mass is 560 g/mol. The van der Waals surface area contributed by atoms with E-state index in [0.717, 1.165) is 56.4 Å². The first-order chi connectivity index (χ1) is 17.0. The number of nitrogens with one attached hydrogen (secondary N) is 2. The molecule has 1 unspecified atom stereocenters. The van der Waals surface area contributed by atoms with Crippen molar-refractivity contribution in [3.05, 3.63) is 29.8 Å². The zero-order chi connectivity index (χ0) is 25.0. The Kier molecular flexibility index (Phi) is 15.5. The fraction of sp³-hybridized carbons (Fsp3) is 0.654. The van der Waals surface area contributed by atoms with E-state index in [1.807, 2.05) is 24.3 Å². The van der Waals surface area contributed by atoms with Crippen molar-refractivity contribution in [3.8, 4) is 0 Å². The van der Waals surface area contributed by atoms with Gasteiger partial charge in [-0.3, -0.25) is 14.5 Å². The number of carbonyl (C=O) groups is 3. The van der Waals surface area contributed by atoms with Gasteiger partial charge in [0.15, 0.2) is 0 Å². The molecule has 11 heteroatoms. The van der Waals surface area contributed by atoms with Crippen LogP contribution in [0.5, 0.6) is 0 Å². The third-order valence-electron chi connectivity index (χ3n) is 6.77. The number of fused-ring (bicyclic) bond motifs is 1. The van der Waals surface area contributed by atoms with Gasteiger partial charge in [-0.05, 0) is 30.9 Å². The van der Waals surface area contributed by atoms with Gasteiger partial charge in [0.1, 0.15) is 5.92 Å². The van der Waals surface area contributed by atoms with E-state index in [9.17, 15) is 14.4 Å². The number of benzene rings is 1. The molecular formula is C26H42Cl2N4O5. The molecule has 0 aliphatic carbocycles. The van der Waals surface area contributed by atoms with Crippen LogP contribution < -0.4 is 15.5 Å². The summed E-state index contributed by atoms with van der Waals surface area (Å²) in [6.07, 6.45) is 4.36. The van der Waals surface area contributed by atoms with E-state index in [1.165, 1.54) is 7.11 Å². The average Bonchev–Trinajstić information content (AvgIpc) is 2.89. The lowest BCUT2D eigenvalue weighted by Gasteiger charge is -2.35. The highest BCUT2D eigenvalue weighted by Crippen LogP contribution is 2.29. The summed E-state index contributed by atoms with van der Waals surface area (Å²) in [6.45, 7) is 6.78. The second-order valence-corrected chi connectivity index (χ2v) is 9.18. The lowest BCUT2D eigenvalue weighted by molar-refractivity contribution is -0.135. The maximum atomic E-state index is 14.0. The number of carbonyl (C=O) groups excluding carboxylic acids is 3. The van der Waals surface area contributed by atoms with E-state index in [4.69, 9.17) is 9.47 Å². The summed E-state index contributed by atoms with van der Waals surface area (Å²) in [7, 11) is 1.29. The molecule has 0 saturated carbocycles. The van der Waals surface area contributed by atoms with E-state index in [0.29, 0.717) is 39.3 Å². The van der Waals surface area contributed by atoms with Gasteiger partial charge < -0.3 is 25.0 Å². The summed E-state index contributed by atoms with van der Waals surface area (Å²) < 4.78 is 10.2. The number of rotatable bonds is 11. The number of ether oxygens (including phenoxy) is 2. The van der Waals surface area contributed by atoms with Crippen molar-refractivity contribution in [2.45, 2.75) is 51.5 Å². The number of halogens is 2. The molecule has 0 spiro atoms. The van der Waals surface area contributed by atoms with Gasteiger partial charge in [-0.25, -0.2) is 4.79 Å². The summed E-state index contributed by atoms with van der Waals surface area (Å²) in [5.74, 6) is -1.68. The van der Waals surface area contributed by atoms with Crippen molar-refractivity contribution < 1.29 is 23.9 Å². The molecule has 210 valence electrons. The number of nitrogens with zero attached hydrogens (tertiary/aromatic N) is 2. The Balaban J connectivity index is 0.00000342. The van der Waals surface area contributed by atoms with Crippen LogP contribution in [0.1, 0.15) is 44.6 Å². The first kappa shape index (κ1) is 33.0. The molecule has 2 heterocycles. The highest BCUT2D eigenvalue weighted by molar-refractivity contribution is 6.09. The Morgan fingerprint density at radius 1 is 1.08 bits per heavy atom. The number of anilines is 1. The molecule has 37 heavy (non-hydrogen) atoms. The summed E-state index contributed by atoms with van der Waals surface area (Å²) >= 11 is 0.